The molecule has 0 saturated carbocycles. The summed E-state index contributed by atoms with van der Waals surface area (Å²) in [6.07, 6.45) is 8.62. The molecule has 1 unspecified atom stereocenters. The molecule has 0 fully saturated rings. The Labute approximate surface area is 61.0 Å². The van der Waals surface area contributed by atoms with Gasteiger partial charge in [-0.1, -0.05) is 24.8 Å². The molecule has 2 N–H and O–H groups in total. The van der Waals surface area contributed by atoms with Gasteiger partial charge in [-0.25, -0.2) is 0 Å². The van der Waals surface area contributed by atoms with E-state index in [1.165, 1.54) is 0 Å². The van der Waals surface area contributed by atoms with Crippen LogP contribution in [-0.2, 0) is 0 Å². The van der Waals surface area contributed by atoms with Crippen molar-refractivity contribution in [3.8, 4) is 0 Å². The number of rotatable bonds is 4. The molecule has 1 atom stereocenters. The van der Waals surface area contributed by atoms with Crippen molar-refractivity contribution in [3.63, 3.8) is 0 Å². The molecule has 0 amide bonds. The molecule has 52 valence electrons. The first-order valence-electron chi connectivity index (χ1n) is 2.87. The summed E-state index contributed by atoms with van der Waals surface area (Å²) in [4.78, 5) is 0. The van der Waals surface area contributed by atoms with Gasteiger partial charge in [0, 0.05) is 0 Å². The van der Waals surface area contributed by atoms with Crippen molar-refractivity contribution in [3.05, 3.63) is 24.8 Å². The molecule has 0 aliphatic carbocycles. The molecule has 0 aromatic heterocycles. The Bertz CT molecular complexity index is 99.1. The van der Waals surface area contributed by atoms with E-state index >= 15 is 0 Å². The molecule has 0 aromatic rings. The van der Waals surface area contributed by atoms with E-state index in [9.17, 15) is 0 Å². The monoisotopic (exact) mass is 143 g/mol. The first kappa shape index (κ1) is 8.79. The van der Waals surface area contributed by atoms with Crippen LogP contribution >= 0.6 is 11.8 Å². The number of nitrogens with two attached hydrogens (primary N) is 1. The van der Waals surface area contributed by atoms with Crippen LogP contribution in [0.4, 0.5) is 0 Å². The molecule has 0 aliphatic heterocycles. The lowest BCUT2D eigenvalue weighted by Gasteiger charge is -2.01. The summed E-state index contributed by atoms with van der Waals surface area (Å²) in [7, 11) is 0. The summed E-state index contributed by atoms with van der Waals surface area (Å²) in [5.74, 6) is 0. The summed E-state index contributed by atoms with van der Waals surface area (Å²) in [6, 6.07) is 0. The molecule has 9 heavy (non-hydrogen) atoms. The van der Waals surface area contributed by atoms with E-state index in [4.69, 9.17) is 5.73 Å². The second-order valence-corrected chi connectivity index (χ2v) is 2.75. The Kier molecular flexibility index (Phi) is 5.78. The number of allylic oxidation sites excluding steroid dienone is 2. The van der Waals surface area contributed by atoms with Crippen LogP contribution in [0.2, 0.25) is 0 Å². The minimum Gasteiger partial charge on any atom is -0.319 e. The average molecular weight is 143 g/mol. The quantitative estimate of drug-likeness (QED) is 0.479. The number of hydrogen-bond donors (Lipinski definition) is 1. The van der Waals surface area contributed by atoms with Crippen LogP contribution in [0.1, 0.15) is 6.42 Å². The predicted octanol–water partition coefficient (Wildman–Crippen LogP) is 1.77. The van der Waals surface area contributed by atoms with Crippen molar-refractivity contribution in [2.75, 3.05) is 6.26 Å². The van der Waals surface area contributed by atoms with Gasteiger partial charge in [0.1, 0.15) is 0 Å². The second kappa shape index (κ2) is 5.92. The third kappa shape index (κ3) is 5.66. The lowest BCUT2D eigenvalue weighted by Crippen LogP contribution is -2.12. The Morgan fingerprint density at radius 3 is 2.89 bits per heavy atom. The summed E-state index contributed by atoms with van der Waals surface area (Å²) in [5, 5.41) is 0.237. The minimum atomic E-state index is 0.237. The zero-order valence-electron chi connectivity index (χ0n) is 5.71. The van der Waals surface area contributed by atoms with Gasteiger partial charge in [0.25, 0.3) is 0 Å². The maximum atomic E-state index is 5.59. The van der Waals surface area contributed by atoms with Crippen molar-refractivity contribution in [1.29, 1.82) is 0 Å². The van der Waals surface area contributed by atoms with Gasteiger partial charge in [0.15, 0.2) is 0 Å². The molecule has 1 nitrogen and oxygen atoms in total. The molecule has 0 rings (SSSR count). The predicted molar refractivity (Wildman–Crippen MR) is 45.4 cm³/mol. The Morgan fingerprint density at radius 1 is 1.78 bits per heavy atom. The summed E-state index contributed by atoms with van der Waals surface area (Å²) < 4.78 is 0. The first-order valence-corrected chi connectivity index (χ1v) is 4.16. The normalized spacial score (nSPS) is 14.0. The van der Waals surface area contributed by atoms with E-state index in [0.29, 0.717) is 0 Å². The van der Waals surface area contributed by atoms with Crippen LogP contribution in [0.15, 0.2) is 24.8 Å². The number of thioether (sulfide) groups is 1. The van der Waals surface area contributed by atoms with E-state index < -0.39 is 0 Å². The van der Waals surface area contributed by atoms with Crippen LogP contribution < -0.4 is 5.73 Å². The molecule has 0 aliphatic rings. The van der Waals surface area contributed by atoms with Gasteiger partial charge >= 0.3 is 0 Å². The van der Waals surface area contributed by atoms with Gasteiger partial charge in [-0.15, -0.1) is 11.8 Å². The Balaban J connectivity index is 3.25. The van der Waals surface area contributed by atoms with Crippen LogP contribution in [0.5, 0.6) is 0 Å². The van der Waals surface area contributed by atoms with Crippen molar-refractivity contribution >= 4 is 11.8 Å². The van der Waals surface area contributed by atoms with Gasteiger partial charge in [0.05, 0.1) is 5.37 Å². The fourth-order valence-electron chi connectivity index (χ4n) is 0.405. The van der Waals surface area contributed by atoms with Crippen molar-refractivity contribution in [2.45, 2.75) is 11.8 Å². The van der Waals surface area contributed by atoms with E-state index in [2.05, 4.69) is 6.58 Å². The maximum absolute atomic E-state index is 5.59. The van der Waals surface area contributed by atoms with Crippen LogP contribution in [0.25, 0.3) is 0 Å². The van der Waals surface area contributed by atoms with Gasteiger partial charge < -0.3 is 5.73 Å². The molecule has 2 heteroatoms. The van der Waals surface area contributed by atoms with Crippen LogP contribution in [0, 0.1) is 0 Å². The van der Waals surface area contributed by atoms with E-state index in [-0.39, 0.29) is 5.37 Å². The summed E-state index contributed by atoms with van der Waals surface area (Å²) >= 11 is 1.67. The van der Waals surface area contributed by atoms with Gasteiger partial charge in [-0.3, -0.25) is 0 Å². The highest BCUT2D eigenvalue weighted by atomic mass is 32.2. The van der Waals surface area contributed by atoms with E-state index in [1.807, 2.05) is 18.4 Å². The van der Waals surface area contributed by atoms with E-state index in [0.717, 1.165) is 6.42 Å². The SMILES string of the molecule is C=C/C=C\CC(N)SC. The summed E-state index contributed by atoms with van der Waals surface area (Å²) in [6.45, 7) is 3.55. The fraction of sp³-hybridized carbons (Fsp3) is 0.429. The molecular formula is C7H13NS. The molecule has 0 aromatic carbocycles. The third-order valence-corrected chi connectivity index (χ3v) is 1.74. The van der Waals surface area contributed by atoms with Gasteiger partial charge in [0.2, 0.25) is 0 Å². The molecule has 0 radical (unpaired) electrons. The van der Waals surface area contributed by atoms with Crippen molar-refractivity contribution in [2.24, 2.45) is 5.73 Å². The zero-order valence-corrected chi connectivity index (χ0v) is 6.53. The van der Waals surface area contributed by atoms with Gasteiger partial charge in [-0.2, -0.15) is 0 Å². The molecule has 0 saturated heterocycles. The zero-order chi connectivity index (χ0) is 7.11. The third-order valence-electron chi connectivity index (χ3n) is 0.943. The topological polar surface area (TPSA) is 26.0 Å². The Morgan fingerprint density at radius 2 is 2.44 bits per heavy atom. The van der Waals surface area contributed by atoms with Crippen LogP contribution in [0.3, 0.4) is 0 Å². The maximum Gasteiger partial charge on any atom is 0.0539 e. The highest BCUT2D eigenvalue weighted by Crippen LogP contribution is 2.03. The average Bonchev–Trinajstić information content (AvgIpc) is 1.89. The molecule has 0 heterocycles. The highest BCUT2D eigenvalue weighted by Gasteiger charge is 1.92. The largest absolute Gasteiger partial charge is 0.319 e. The molecular weight excluding hydrogens is 130 g/mol. The molecule has 0 spiro atoms. The number of hydrogen-bond acceptors (Lipinski definition) is 2. The van der Waals surface area contributed by atoms with E-state index in [1.54, 1.807) is 17.8 Å². The smallest absolute Gasteiger partial charge is 0.0539 e. The van der Waals surface area contributed by atoms with Crippen molar-refractivity contribution < 1.29 is 0 Å². The molecule has 0 bridgehead atoms. The van der Waals surface area contributed by atoms with Crippen LogP contribution in [-0.4, -0.2) is 11.6 Å². The van der Waals surface area contributed by atoms with Crippen molar-refractivity contribution in [1.82, 2.24) is 0 Å². The minimum absolute atomic E-state index is 0.237. The van der Waals surface area contributed by atoms with Gasteiger partial charge in [-0.05, 0) is 12.7 Å². The first-order chi connectivity index (χ1) is 4.31. The second-order valence-electron chi connectivity index (χ2n) is 1.67. The lowest BCUT2D eigenvalue weighted by molar-refractivity contribution is 0.937. The lowest BCUT2D eigenvalue weighted by atomic mass is 10.4. The fourth-order valence-corrected chi connectivity index (χ4v) is 0.709. The summed E-state index contributed by atoms with van der Waals surface area (Å²) in [5.41, 5.74) is 5.59. The Hall–Kier alpha value is -0.210. The highest BCUT2D eigenvalue weighted by molar-refractivity contribution is 7.99. The standard InChI is InChI=1S/C7H13NS/c1-3-4-5-6-7(8)9-2/h3-5,7H,1,6,8H2,2H3/b5-4-.